The van der Waals surface area contributed by atoms with Crippen LogP contribution in [0.4, 0.5) is 11.4 Å². The normalized spacial score (nSPS) is 10.3. The molecule has 2 rings (SSSR count). The molecule has 0 aliphatic rings. The summed E-state index contributed by atoms with van der Waals surface area (Å²) >= 11 is 6.13. The third-order valence-corrected chi connectivity index (χ3v) is 4.22. The van der Waals surface area contributed by atoms with E-state index in [2.05, 4.69) is 5.32 Å². The third kappa shape index (κ3) is 4.59. The number of amides is 2. The van der Waals surface area contributed by atoms with E-state index in [4.69, 9.17) is 11.6 Å². The molecule has 0 heterocycles. The van der Waals surface area contributed by atoms with E-state index in [-0.39, 0.29) is 18.2 Å². The molecule has 0 saturated heterocycles. The minimum atomic E-state index is -0.134. The van der Waals surface area contributed by atoms with E-state index in [1.165, 1.54) is 6.92 Å². The van der Waals surface area contributed by atoms with Crippen molar-refractivity contribution in [3.05, 3.63) is 58.6 Å². The van der Waals surface area contributed by atoms with Crippen molar-refractivity contribution in [3.8, 4) is 0 Å². The number of carbonyl (C=O) groups excluding carboxylic acids is 2. The fourth-order valence-corrected chi connectivity index (χ4v) is 2.58. The minimum absolute atomic E-state index is 0.122. The summed E-state index contributed by atoms with van der Waals surface area (Å²) in [5.74, 6) is -0.256. The number of hydrogen-bond acceptors (Lipinski definition) is 2. The number of carbonyl (C=O) groups is 2. The molecule has 0 spiro atoms. The molecule has 0 aliphatic carbocycles. The Labute approximate surface area is 147 Å². The monoisotopic (exact) mass is 344 g/mol. The topological polar surface area (TPSA) is 49.4 Å². The number of aryl methyl sites for hydroxylation is 1. The fraction of sp³-hybridized carbons (Fsp3) is 0.263. The van der Waals surface area contributed by atoms with Crippen molar-refractivity contribution in [1.82, 2.24) is 0 Å². The number of benzene rings is 2. The second kappa shape index (κ2) is 7.97. The second-order valence-corrected chi connectivity index (χ2v) is 6.13. The maximum atomic E-state index is 12.1. The van der Waals surface area contributed by atoms with Gasteiger partial charge < -0.3 is 10.2 Å². The van der Waals surface area contributed by atoms with Crippen molar-refractivity contribution in [3.63, 3.8) is 0 Å². The van der Waals surface area contributed by atoms with E-state index >= 15 is 0 Å². The molecule has 5 heteroatoms. The summed E-state index contributed by atoms with van der Waals surface area (Å²) in [4.78, 5) is 25.7. The Kier molecular flexibility index (Phi) is 5.99. The summed E-state index contributed by atoms with van der Waals surface area (Å²) in [5, 5.41) is 3.44. The molecule has 0 aromatic heterocycles. The van der Waals surface area contributed by atoms with Crippen LogP contribution in [0, 0.1) is 13.8 Å². The highest BCUT2D eigenvalue weighted by atomic mass is 35.5. The Morgan fingerprint density at radius 2 is 1.75 bits per heavy atom. The highest BCUT2D eigenvalue weighted by Crippen LogP contribution is 2.26. The van der Waals surface area contributed by atoms with Crippen LogP contribution in [-0.2, 0) is 9.59 Å². The Morgan fingerprint density at radius 1 is 1.08 bits per heavy atom. The maximum absolute atomic E-state index is 12.1. The van der Waals surface area contributed by atoms with E-state index in [1.54, 1.807) is 17.0 Å². The van der Waals surface area contributed by atoms with Gasteiger partial charge in [-0.2, -0.15) is 0 Å². The van der Waals surface area contributed by atoms with E-state index in [1.807, 2.05) is 44.2 Å². The van der Waals surface area contributed by atoms with Gasteiger partial charge in [-0.3, -0.25) is 9.59 Å². The lowest BCUT2D eigenvalue weighted by Gasteiger charge is -2.23. The highest BCUT2D eigenvalue weighted by molar-refractivity contribution is 6.31. The lowest BCUT2D eigenvalue weighted by Crippen LogP contribution is -2.32. The molecule has 0 bridgehead atoms. The lowest BCUT2D eigenvalue weighted by atomic mass is 10.1. The van der Waals surface area contributed by atoms with Crippen LogP contribution in [0.1, 0.15) is 24.5 Å². The van der Waals surface area contributed by atoms with E-state index in [0.717, 1.165) is 22.5 Å². The van der Waals surface area contributed by atoms with Gasteiger partial charge >= 0.3 is 0 Å². The second-order valence-electron chi connectivity index (χ2n) is 5.72. The number of halogens is 1. The summed E-state index contributed by atoms with van der Waals surface area (Å²) in [6.07, 6.45) is 0.208. The Morgan fingerprint density at radius 3 is 2.38 bits per heavy atom. The maximum Gasteiger partial charge on any atom is 0.226 e. The zero-order valence-electron chi connectivity index (χ0n) is 14.1. The number of nitrogens with zero attached hydrogens (tertiary/aromatic N) is 1. The van der Waals surface area contributed by atoms with Gasteiger partial charge in [0.1, 0.15) is 0 Å². The lowest BCUT2D eigenvalue weighted by molar-refractivity contribution is -0.117. The van der Waals surface area contributed by atoms with Crippen molar-refractivity contribution in [2.24, 2.45) is 0 Å². The van der Waals surface area contributed by atoms with Gasteiger partial charge in [0.15, 0.2) is 0 Å². The van der Waals surface area contributed by atoms with Crippen LogP contribution in [0.15, 0.2) is 42.5 Å². The van der Waals surface area contributed by atoms with Crippen molar-refractivity contribution in [2.75, 3.05) is 16.8 Å². The molecule has 1 N–H and O–H groups in total. The number of hydrogen-bond donors (Lipinski definition) is 1. The smallest absolute Gasteiger partial charge is 0.226 e. The molecular formula is C19H21ClN2O2. The average molecular weight is 345 g/mol. The molecule has 0 fully saturated rings. The first kappa shape index (κ1) is 18.0. The number of anilines is 2. The largest absolute Gasteiger partial charge is 0.326 e. The molecule has 4 nitrogen and oxygen atoms in total. The van der Waals surface area contributed by atoms with Gasteiger partial charge in [-0.15, -0.1) is 0 Å². The summed E-state index contributed by atoms with van der Waals surface area (Å²) in [7, 11) is 0. The molecule has 2 aromatic rings. The Bertz CT molecular complexity index is 742. The Balaban J connectivity index is 2.03. The predicted octanol–water partition coefficient (Wildman–Crippen LogP) is 4.34. The van der Waals surface area contributed by atoms with Crippen LogP contribution in [0.25, 0.3) is 0 Å². The van der Waals surface area contributed by atoms with Crippen molar-refractivity contribution < 1.29 is 9.59 Å². The zero-order chi connectivity index (χ0) is 17.7. The molecule has 0 atom stereocenters. The van der Waals surface area contributed by atoms with Crippen LogP contribution in [-0.4, -0.2) is 18.4 Å². The minimum Gasteiger partial charge on any atom is -0.326 e. The summed E-state index contributed by atoms with van der Waals surface area (Å²) in [5.41, 5.74) is 3.44. The molecule has 0 radical (unpaired) electrons. The first-order valence-corrected chi connectivity index (χ1v) is 8.16. The standard InChI is InChI=1S/C19H21ClN2O2/c1-13-7-9-16(10-8-13)21-19(24)11-12-22(15(3)23)18-6-4-5-17(20)14(18)2/h4-10H,11-12H2,1-3H3,(H,21,24). The summed E-state index contributed by atoms with van der Waals surface area (Å²) in [6.45, 7) is 5.63. The van der Waals surface area contributed by atoms with E-state index < -0.39 is 0 Å². The molecular weight excluding hydrogens is 324 g/mol. The van der Waals surface area contributed by atoms with Crippen molar-refractivity contribution in [2.45, 2.75) is 27.2 Å². The average Bonchev–Trinajstić information content (AvgIpc) is 2.53. The van der Waals surface area contributed by atoms with Gasteiger partial charge in [0.25, 0.3) is 0 Å². The molecule has 126 valence electrons. The van der Waals surface area contributed by atoms with Crippen LogP contribution in [0.5, 0.6) is 0 Å². The summed E-state index contributed by atoms with van der Waals surface area (Å²) in [6, 6.07) is 13.0. The fourth-order valence-electron chi connectivity index (χ4n) is 2.41. The van der Waals surface area contributed by atoms with Crippen molar-refractivity contribution in [1.29, 1.82) is 0 Å². The molecule has 0 unspecified atom stereocenters. The van der Waals surface area contributed by atoms with Gasteiger partial charge in [-0.1, -0.05) is 35.4 Å². The molecule has 0 aliphatic heterocycles. The highest BCUT2D eigenvalue weighted by Gasteiger charge is 2.16. The van der Waals surface area contributed by atoms with Gasteiger partial charge in [-0.25, -0.2) is 0 Å². The van der Waals surface area contributed by atoms with E-state index in [0.29, 0.717) is 11.6 Å². The first-order valence-electron chi connectivity index (χ1n) is 7.78. The quantitative estimate of drug-likeness (QED) is 0.877. The first-order chi connectivity index (χ1) is 11.4. The molecule has 24 heavy (non-hydrogen) atoms. The molecule has 0 saturated carbocycles. The van der Waals surface area contributed by atoms with Gasteiger partial charge in [-0.05, 0) is 43.7 Å². The van der Waals surface area contributed by atoms with Gasteiger partial charge in [0.2, 0.25) is 11.8 Å². The van der Waals surface area contributed by atoms with Crippen LogP contribution in [0.3, 0.4) is 0 Å². The molecule has 2 aromatic carbocycles. The zero-order valence-corrected chi connectivity index (χ0v) is 14.9. The number of rotatable bonds is 5. The SMILES string of the molecule is CC(=O)N(CCC(=O)Nc1ccc(C)cc1)c1cccc(Cl)c1C. The predicted molar refractivity (Wildman–Crippen MR) is 98.6 cm³/mol. The number of nitrogens with one attached hydrogen (secondary N) is 1. The van der Waals surface area contributed by atoms with Gasteiger partial charge in [0, 0.05) is 36.3 Å². The summed E-state index contributed by atoms with van der Waals surface area (Å²) < 4.78 is 0. The van der Waals surface area contributed by atoms with Crippen LogP contribution >= 0.6 is 11.6 Å². The third-order valence-electron chi connectivity index (χ3n) is 3.81. The molecule has 2 amide bonds. The van der Waals surface area contributed by atoms with Gasteiger partial charge in [0.05, 0.1) is 0 Å². The van der Waals surface area contributed by atoms with Crippen LogP contribution in [0.2, 0.25) is 5.02 Å². The van der Waals surface area contributed by atoms with Crippen LogP contribution < -0.4 is 10.2 Å². The van der Waals surface area contributed by atoms with E-state index in [9.17, 15) is 9.59 Å². The Hall–Kier alpha value is -2.33. The van der Waals surface area contributed by atoms with Crippen molar-refractivity contribution >= 4 is 34.8 Å².